The lowest BCUT2D eigenvalue weighted by Crippen LogP contribution is -2.47. The average molecular weight is 396 g/mol. The predicted octanol–water partition coefficient (Wildman–Crippen LogP) is 3.06. The summed E-state index contributed by atoms with van der Waals surface area (Å²) in [6.07, 6.45) is 2.33. The second kappa shape index (κ2) is 9.96. The Hall–Kier alpha value is -3.02. The van der Waals surface area contributed by atoms with E-state index in [1.165, 1.54) is 0 Å². The molecule has 1 aliphatic rings. The van der Waals surface area contributed by atoms with Gasteiger partial charge >= 0.3 is 0 Å². The van der Waals surface area contributed by atoms with Crippen LogP contribution in [0.25, 0.3) is 0 Å². The minimum atomic E-state index is -0.129. The molecule has 1 N–H and O–H groups in total. The monoisotopic (exact) mass is 396 g/mol. The first-order valence-electron chi connectivity index (χ1n) is 10.0. The summed E-state index contributed by atoms with van der Waals surface area (Å²) >= 11 is 0. The van der Waals surface area contributed by atoms with Crippen LogP contribution < -0.4 is 14.8 Å². The lowest BCUT2D eigenvalue weighted by molar-refractivity contribution is -0.124. The molecule has 1 aliphatic heterocycles. The third-order valence-electron chi connectivity index (χ3n) is 5.20. The molecule has 0 atom stereocenters. The van der Waals surface area contributed by atoms with Gasteiger partial charge in [-0.25, -0.2) is 0 Å². The van der Waals surface area contributed by atoms with Crippen LogP contribution >= 0.6 is 0 Å². The van der Waals surface area contributed by atoms with Crippen molar-refractivity contribution in [3.8, 4) is 11.5 Å². The number of carbonyl (C=O) groups excluding carboxylic acids is 2. The molecule has 2 amide bonds. The van der Waals surface area contributed by atoms with E-state index in [0.717, 1.165) is 36.3 Å². The van der Waals surface area contributed by atoms with Gasteiger partial charge in [0.2, 0.25) is 0 Å². The van der Waals surface area contributed by atoms with Gasteiger partial charge in [0.1, 0.15) is 11.5 Å². The maximum absolute atomic E-state index is 12.6. The van der Waals surface area contributed by atoms with Crippen molar-refractivity contribution in [1.82, 2.24) is 10.2 Å². The number of nitrogens with one attached hydrogen (secondary N) is 1. The van der Waals surface area contributed by atoms with E-state index in [2.05, 4.69) is 12.2 Å². The van der Waals surface area contributed by atoms with Crippen molar-refractivity contribution in [2.45, 2.75) is 32.2 Å². The number of piperidine rings is 1. The molecule has 0 radical (unpaired) electrons. The van der Waals surface area contributed by atoms with Gasteiger partial charge in [0.25, 0.3) is 11.8 Å². The number of carbonyl (C=O) groups is 2. The third kappa shape index (κ3) is 5.50. The number of para-hydroxylation sites is 1. The first-order chi connectivity index (χ1) is 14.1. The summed E-state index contributed by atoms with van der Waals surface area (Å²) in [6.45, 7) is 3.30. The molecule has 2 aromatic carbocycles. The van der Waals surface area contributed by atoms with Gasteiger partial charge < -0.3 is 19.7 Å². The molecule has 1 saturated heterocycles. The number of likely N-dealkylation sites (tertiary alicyclic amines) is 1. The highest BCUT2D eigenvalue weighted by Crippen LogP contribution is 2.19. The van der Waals surface area contributed by atoms with Crippen LogP contribution in [0.4, 0.5) is 0 Å². The van der Waals surface area contributed by atoms with E-state index in [1.54, 1.807) is 31.4 Å². The summed E-state index contributed by atoms with van der Waals surface area (Å²) in [6, 6.07) is 15.0. The van der Waals surface area contributed by atoms with E-state index in [4.69, 9.17) is 9.47 Å². The Balaban J connectivity index is 1.44. The van der Waals surface area contributed by atoms with Crippen LogP contribution in [0.5, 0.6) is 11.5 Å². The molecular formula is C23H28N2O4. The number of hydrogen-bond acceptors (Lipinski definition) is 4. The van der Waals surface area contributed by atoms with E-state index >= 15 is 0 Å². The van der Waals surface area contributed by atoms with Crippen molar-refractivity contribution in [3.63, 3.8) is 0 Å². The zero-order valence-corrected chi connectivity index (χ0v) is 17.0. The Morgan fingerprint density at radius 1 is 1.07 bits per heavy atom. The van der Waals surface area contributed by atoms with Crippen LogP contribution in [0.1, 0.15) is 35.7 Å². The minimum Gasteiger partial charge on any atom is -0.497 e. The van der Waals surface area contributed by atoms with E-state index in [9.17, 15) is 9.59 Å². The Morgan fingerprint density at radius 3 is 2.41 bits per heavy atom. The molecule has 6 nitrogen and oxygen atoms in total. The molecule has 0 bridgehead atoms. The average Bonchev–Trinajstić information content (AvgIpc) is 2.78. The fraction of sp³-hybridized carbons (Fsp3) is 0.391. The molecule has 1 heterocycles. The normalized spacial score (nSPS) is 14.3. The Kier molecular flexibility index (Phi) is 7.11. The fourth-order valence-corrected chi connectivity index (χ4v) is 3.49. The molecule has 0 unspecified atom stereocenters. The first kappa shape index (κ1) is 20.7. The highest BCUT2D eigenvalue weighted by Gasteiger charge is 2.24. The van der Waals surface area contributed by atoms with E-state index in [0.29, 0.717) is 18.7 Å². The highest BCUT2D eigenvalue weighted by atomic mass is 16.5. The molecule has 0 saturated carbocycles. The van der Waals surface area contributed by atoms with Crippen LogP contribution in [0.2, 0.25) is 0 Å². The number of rotatable bonds is 7. The lowest BCUT2D eigenvalue weighted by atomic mass is 10.0. The molecule has 0 aromatic heterocycles. The van der Waals surface area contributed by atoms with Gasteiger partial charge in [0.15, 0.2) is 6.61 Å². The van der Waals surface area contributed by atoms with Crippen molar-refractivity contribution < 1.29 is 19.1 Å². The van der Waals surface area contributed by atoms with Gasteiger partial charge in [-0.2, -0.15) is 0 Å². The van der Waals surface area contributed by atoms with Crippen LogP contribution in [-0.4, -0.2) is 49.6 Å². The predicted molar refractivity (Wildman–Crippen MR) is 111 cm³/mol. The zero-order valence-electron chi connectivity index (χ0n) is 17.0. The molecule has 6 heteroatoms. The smallest absolute Gasteiger partial charge is 0.258 e. The topological polar surface area (TPSA) is 67.9 Å². The number of ether oxygens (including phenoxy) is 2. The van der Waals surface area contributed by atoms with Crippen molar-refractivity contribution in [1.29, 1.82) is 0 Å². The Bertz CT molecular complexity index is 827. The maximum atomic E-state index is 12.6. The molecule has 29 heavy (non-hydrogen) atoms. The summed E-state index contributed by atoms with van der Waals surface area (Å²) in [7, 11) is 1.60. The molecule has 1 fully saturated rings. The van der Waals surface area contributed by atoms with Gasteiger partial charge in [0, 0.05) is 24.7 Å². The quantitative estimate of drug-likeness (QED) is 0.781. The lowest BCUT2D eigenvalue weighted by Gasteiger charge is -2.32. The SMILES string of the molecule is CCc1ccccc1OCC(=O)NC1CCN(C(=O)c2ccc(OC)cc2)CC1. The summed E-state index contributed by atoms with van der Waals surface area (Å²) in [5, 5.41) is 3.02. The van der Waals surface area contributed by atoms with Crippen molar-refractivity contribution in [2.24, 2.45) is 0 Å². The molecule has 154 valence electrons. The number of benzene rings is 2. The van der Waals surface area contributed by atoms with Crippen LogP contribution in [-0.2, 0) is 11.2 Å². The number of aryl methyl sites for hydroxylation is 1. The van der Waals surface area contributed by atoms with Crippen molar-refractivity contribution in [2.75, 3.05) is 26.8 Å². The highest BCUT2D eigenvalue weighted by molar-refractivity contribution is 5.94. The van der Waals surface area contributed by atoms with Gasteiger partial charge in [-0.1, -0.05) is 25.1 Å². The second-order valence-electron chi connectivity index (χ2n) is 7.11. The van der Waals surface area contributed by atoms with Crippen LogP contribution in [0.3, 0.4) is 0 Å². The molecule has 0 spiro atoms. The van der Waals surface area contributed by atoms with Gasteiger partial charge in [-0.15, -0.1) is 0 Å². The molecular weight excluding hydrogens is 368 g/mol. The molecule has 3 rings (SSSR count). The summed E-state index contributed by atoms with van der Waals surface area (Å²) in [5.41, 5.74) is 1.74. The van der Waals surface area contributed by atoms with Gasteiger partial charge in [-0.3, -0.25) is 9.59 Å². The minimum absolute atomic E-state index is 0.00199. The van der Waals surface area contributed by atoms with E-state index in [-0.39, 0.29) is 24.5 Å². The summed E-state index contributed by atoms with van der Waals surface area (Å²) in [4.78, 5) is 26.7. The maximum Gasteiger partial charge on any atom is 0.258 e. The third-order valence-corrected chi connectivity index (χ3v) is 5.20. The number of hydrogen-bond donors (Lipinski definition) is 1. The standard InChI is InChI=1S/C23H28N2O4/c1-3-17-6-4-5-7-21(17)29-16-22(26)24-19-12-14-25(15-13-19)23(27)18-8-10-20(28-2)11-9-18/h4-11,19H,3,12-16H2,1-2H3,(H,24,26). The fourth-order valence-electron chi connectivity index (χ4n) is 3.49. The number of amides is 2. The second-order valence-corrected chi connectivity index (χ2v) is 7.11. The van der Waals surface area contributed by atoms with Crippen molar-refractivity contribution in [3.05, 3.63) is 59.7 Å². The number of methoxy groups -OCH3 is 1. The van der Waals surface area contributed by atoms with Gasteiger partial charge in [-0.05, 0) is 55.2 Å². The summed E-state index contributed by atoms with van der Waals surface area (Å²) in [5.74, 6) is 1.37. The zero-order chi connectivity index (χ0) is 20.6. The first-order valence-corrected chi connectivity index (χ1v) is 10.0. The van der Waals surface area contributed by atoms with Crippen LogP contribution in [0.15, 0.2) is 48.5 Å². The van der Waals surface area contributed by atoms with E-state index < -0.39 is 0 Å². The molecule has 2 aromatic rings. The Labute approximate surface area is 171 Å². The van der Waals surface area contributed by atoms with Crippen molar-refractivity contribution >= 4 is 11.8 Å². The summed E-state index contributed by atoms with van der Waals surface area (Å²) < 4.78 is 10.8. The van der Waals surface area contributed by atoms with Gasteiger partial charge in [0.05, 0.1) is 7.11 Å². The van der Waals surface area contributed by atoms with Crippen LogP contribution in [0, 0.1) is 0 Å². The Morgan fingerprint density at radius 2 is 1.76 bits per heavy atom. The van der Waals surface area contributed by atoms with E-state index in [1.807, 2.05) is 29.2 Å². The largest absolute Gasteiger partial charge is 0.497 e. The molecule has 0 aliphatic carbocycles. The number of nitrogens with zero attached hydrogens (tertiary/aromatic N) is 1.